The Kier molecular flexibility index (Phi) is 2.26. The van der Waals surface area contributed by atoms with Crippen molar-refractivity contribution in [1.82, 2.24) is 0 Å². The maximum absolute atomic E-state index is 3.48. The second-order valence-corrected chi connectivity index (χ2v) is 5.15. The molecule has 1 aliphatic rings. The van der Waals surface area contributed by atoms with Crippen LogP contribution in [0, 0.1) is 0 Å². The molecule has 1 aromatic rings. The minimum Gasteiger partial charge on any atom is -0.385 e. The largest absolute Gasteiger partial charge is 0.385 e. The quantitative estimate of drug-likeness (QED) is 0.660. The van der Waals surface area contributed by atoms with Crippen LogP contribution in [0.5, 0.6) is 0 Å². The minimum atomic E-state index is 0.258. The Bertz CT molecular complexity index is 334. The number of fused-ring (bicyclic) bond motifs is 1. The SMILES string of the molecule is CC(C)(C)c1ccc2c(c1)NCCC2. The third kappa shape index (κ3) is 1.77. The Morgan fingerprint density at radius 1 is 1.21 bits per heavy atom. The molecule has 0 aromatic heterocycles. The van der Waals surface area contributed by atoms with E-state index in [4.69, 9.17) is 0 Å². The highest BCUT2D eigenvalue weighted by Gasteiger charge is 2.16. The van der Waals surface area contributed by atoms with Gasteiger partial charge in [-0.25, -0.2) is 0 Å². The second kappa shape index (κ2) is 3.30. The van der Waals surface area contributed by atoms with Crippen molar-refractivity contribution >= 4 is 5.69 Å². The predicted molar refractivity (Wildman–Crippen MR) is 62.0 cm³/mol. The standard InChI is InChI=1S/C13H19N/c1-13(2,3)11-7-6-10-5-4-8-14-12(10)9-11/h6-7,9,14H,4-5,8H2,1-3H3. The summed E-state index contributed by atoms with van der Waals surface area (Å²) >= 11 is 0. The highest BCUT2D eigenvalue weighted by molar-refractivity contribution is 5.55. The molecule has 0 unspecified atom stereocenters. The van der Waals surface area contributed by atoms with Gasteiger partial charge in [0.15, 0.2) is 0 Å². The van der Waals surface area contributed by atoms with E-state index in [2.05, 4.69) is 44.3 Å². The van der Waals surface area contributed by atoms with Gasteiger partial charge in [0.05, 0.1) is 0 Å². The third-order valence-corrected chi connectivity index (χ3v) is 2.91. The Hall–Kier alpha value is -0.980. The maximum atomic E-state index is 3.48. The molecule has 0 radical (unpaired) electrons. The summed E-state index contributed by atoms with van der Waals surface area (Å²) in [4.78, 5) is 0. The van der Waals surface area contributed by atoms with E-state index in [0.717, 1.165) is 6.54 Å². The second-order valence-electron chi connectivity index (χ2n) is 5.15. The first kappa shape index (κ1) is 9.57. The molecule has 0 aliphatic carbocycles. The van der Waals surface area contributed by atoms with Crippen molar-refractivity contribution in [2.45, 2.75) is 39.0 Å². The van der Waals surface area contributed by atoms with Crippen molar-refractivity contribution in [3.63, 3.8) is 0 Å². The summed E-state index contributed by atoms with van der Waals surface area (Å²) in [6, 6.07) is 6.86. The van der Waals surface area contributed by atoms with Crippen molar-refractivity contribution in [1.29, 1.82) is 0 Å². The fraction of sp³-hybridized carbons (Fsp3) is 0.538. The van der Waals surface area contributed by atoms with Crippen LogP contribution in [0.15, 0.2) is 18.2 Å². The molecule has 1 aromatic carbocycles. The number of benzene rings is 1. The van der Waals surface area contributed by atoms with Crippen LogP contribution in [0.3, 0.4) is 0 Å². The van der Waals surface area contributed by atoms with E-state index >= 15 is 0 Å². The van der Waals surface area contributed by atoms with E-state index in [1.54, 1.807) is 0 Å². The number of hydrogen-bond donors (Lipinski definition) is 1. The summed E-state index contributed by atoms with van der Waals surface area (Å²) in [5.74, 6) is 0. The van der Waals surface area contributed by atoms with Crippen LogP contribution < -0.4 is 5.32 Å². The van der Waals surface area contributed by atoms with Crippen molar-refractivity contribution in [2.24, 2.45) is 0 Å². The first-order chi connectivity index (χ1) is 6.57. The van der Waals surface area contributed by atoms with E-state index in [-0.39, 0.29) is 5.41 Å². The zero-order valence-corrected chi connectivity index (χ0v) is 9.35. The maximum Gasteiger partial charge on any atom is 0.0375 e. The van der Waals surface area contributed by atoms with Crippen LogP contribution in [0.1, 0.15) is 38.3 Å². The van der Waals surface area contributed by atoms with Gasteiger partial charge in [-0.3, -0.25) is 0 Å². The fourth-order valence-corrected chi connectivity index (χ4v) is 1.93. The van der Waals surface area contributed by atoms with Crippen LogP contribution >= 0.6 is 0 Å². The van der Waals surface area contributed by atoms with Gasteiger partial charge in [-0.05, 0) is 35.4 Å². The van der Waals surface area contributed by atoms with E-state index in [1.807, 2.05) is 0 Å². The number of anilines is 1. The monoisotopic (exact) mass is 189 g/mol. The van der Waals surface area contributed by atoms with Crippen LogP contribution in [-0.2, 0) is 11.8 Å². The Morgan fingerprint density at radius 2 is 2.00 bits per heavy atom. The van der Waals surface area contributed by atoms with Crippen molar-refractivity contribution in [3.05, 3.63) is 29.3 Å². The van der Waals surface area contributed by atoms with E-state index in [9.17, 15) is 0 Å². The fourth-order valence-electron chi connectivity index (χ4n) is 1.93. The Labute approximate surface area is 86.5 Å². The smallest absolute Gasteiger partial charge is 0.0375 e. The number of nitrogens with one attached hydrogen (secondary N) is 1. The highest BCUT2D eigenvalue weighted by atomic mass is 14.9. The lowest BCUT2D eigenvalue weighted by molar-refractivity contribution is 0.589. The van der Waals surface area contributed by atoms with Gasteiger partial charge in [0, 0.05) is 12.2 Å². The van der Waals surface area contributed by atoms with Gasteiger partial charge in [0.2, 0.25) is 0 Å². The van der Waals surface area contributed by atoms with Gasteiger partial charge >= 0.3 is 0 Å². The van der Waals surface area contributed by atoms with Crippen LogP contribution in [0.25, 0.3) is 0 Å². The molecular formula is C13H19N. The van der Waals surface area contributed by atoms with E-state index in [0.29, 0.717) is 0 Å². The molecule has 2 rings (SSSR count). The Balaban J connectivity index is 2.39. The summed E-state index contributed by atoms with van der Waals surface area (Å²) in [7, 11) is 0. The summed E-state index contributed by atoms with van der Waals surface area (Å²) in [6.07, 6.45) is 2.49. The van der Waals surface area contributed by atoms with Gasteiger partial charge in [-0.15, -0.1) is 0 Å². The van der Waals surface area contributed by atoms with E-state index in [1.165, 1.54) is 29.7 Å². The zero-order valence-electron chi connectivity index (χ0n) is 9.35. The molecular weight excluding hydrogens is 170 g/mol. The first-order valence-electron chi connectivity index (χ1n) is 5.45. The predicted octanol–water partition coefficient (Wildman–Crippen LogP) is 3.34. The molecule has 0 bridgehead atoms. The van der Waals surface area contributed by atoms with Gasteiger partial charge in [0.1, 0.15) is 0 Å². The summed E-state index contributed by atoms with van der Waals surface area (Å²) in [6.45, 7) is 7.91. The lowest BCUT2D eigenvalue weighted by Gasteiger charge is -2.24. The lowest BCUT2D eigenvalue weighted by Crippen LogP contribution is -2.15. The molecule has 0 fully saturated rings. The lowest BCUT2D eigenvalue weighted by atomic mass is 9.85. The topological polar surface area (TPSA) is 12.0 Å². The first-order valence-corrected chi connectivity index (χ1v) is 5.45. The third-order valence-electron chi connectivity index (χ3n) is 2.91. The average Bonchev–Trinajstić information content (AvgIpc) is 2.16. The molecule has 0 amide bonds. The van der Waals surface area contributed by atoms with Crippen molar-refractivity contribution in [2.75, 3.05) is 11.9 Å². The van der Waals surface area contributed by atoms with Crippen LogP contribution in [0.4, 0.5) is 5.69 Å². The van der Waals surface area contributed by atoms with Gasteiger partial charge in [0.25, 0.3) is 0 Å². The molecule has 14 heavy (non-hydrogen) atoms. The van der Waals surface area contributed by atoms with Gasteiger partial charge < -0.3 is 5.32 Å². The van der Waals surface area contributed by atoms with Gasteiger partial charge in [-0.1, -0.05) is 32.9 Å². The average molecular weight is 189 g/mol. The minimum absolute atomic E-state index is 0.258. The van der Waals surface area contributed by atoms with Crippen LogP contribution in [0.2, 0.25) is 0 Å². The number of rotatable bonds is 0. The molecule has 0 saturated heterocycles. The number of hydrogen-bond acceptors (Lipinski definition) is 1. The highest BCUT2D eigenvalue weighted by Crippen LogP contribution is 2.29. The summed E-state index contributed by atoms with van der Waals surface area (Å²) < 4.78 is 0. The molecule has 76 valence electrons. The molecule has 1 heteroatoms. The molecule has 1 heterocycles. The number of aryl methyl sites for hydroxylation is 1. The Morgan fingerprint density at radius 3 is 2.71 bits per heavy atom. The molecule has 0 atom stereocenters. The van der Waals surface area contributed by atoms with E-state index < -0.39 is 0 Å². The van der Waals surface area contributed by atoms with Crippen molar-refractivity contribution < 1.29 is 0 Å². The molecule has 0 saturated carbocycles. The van der Waals surface area contributed by atoms with Gasteiger partial charge in [-0.2, -0.15) is 0 Å². The normalized spacial score (nSPS) is 15.9. The summed E-state index contributed by atoms with van der Waals surface area (Å²) in [5.41, 5.74) is 4.51. The molecule has 1 nitrogen and oxygen atoms in total. The molecule has 1 N–H and O–H groups in total. The molecule has 1 aliphatic heterocycles. The zero-order chi connectivity index (χ0) is 10.2. The van der Waals surface area contributed by atoms with Crippen LogP contribution in [-0.4, -0.2) is 6.54 Å². The molecule has 0 spiro atoms. The summed E-state index contributed by atoms with van der Waals surface area (Å²) in [5, 5.41) is 3.48. The van der Waals surface area contributed by atoms with Crippen molar-refractivity contribution in [3.8, 4) is 0 Å².